The molecule has 2 amide bonds. The Morgan fingerprint density at radius 3 is 3.04 bits per heavy atom. The first-order valence-corrected chi connectivity index (χ1v) is 9.40. The van der Waals surface area contributed by atoms with Crippen molar-refractivity contribution >= 4 is 33.4 Å². The molecule has 0 saturated carbocycles. The number of fused-ring (bicyclic) bond motifs is 1. The Labute approximate surface area is 156 Å². The number of amides is 2. The van der Waals surface area contributed by atoms with Gasteiger partial charge in [-0.25, -0.2) is 4.79 Å². The average Bonchev–Trinajstić information content (AvgIpc) is 3.02. The molecular formula is C18H23N3O4S. The van der Waals surface area contributed by atoms with Crippen LogP contribution in [-0.2, 0) is 16.1 Å². The molecule has 1 unspecified atom stereocenters. The Kier molecular flexibility index (Phi) is 6.08. The van der Waals surface area contributed by atoms with E-state index in [1.165, 1.54) is 10.1 Å². The molecule has 1 aromatic heterocycles. The highest BCUT2D eigenvalue weighted by Gasteiger charge is 2.25. The predicted octanol–water partition coefficient (Wildman–Crippen LogP) is 1.83. The van der Waals surface area contributed by atoms with Gasteiger partial charge in [-0.05, 0) is 29.4 Å². The number of nitrogens with zero attached hydrogens (tertiary/aromatic N) is 2. The van der Waals surface area contributed by atoms with Gasteiger partial charge in [0.25, 0.3) is 0 Å². The van der Waals surface area contributed by atoms with Gasteiger partial charge in [-0.2, -0.15) is 0 Å². The van der Waals surface area contributed by atoms with Crippen LogP contribution in [0.4, 0.5) is 4.79 Å². The summed E-state index contributed by atoms with van der Waals surface area (Å²) in [7, 11) is 1.73. The number of morpholine rings is 1. The number of thiophene rings is 1. The molecule has 1 fully saturated rings. The molecule has 1 aromatic carbocycles. The van der Waals surface area contributed by atoms with E-state index in [0.29, 0.717) is 32.8 Å². The molecule has 2 aromatic rings. The van der Waals surface area contributed by atoms with Crippen LogP contribution >= 0.6 is 11.3 Å². The lowest BCUT2D eigenvalue weighted by Gasteiger charge is -2.34. The Hall–Kier alpha value is -2.16. The van der Waals surface area contributed by atoms with E-state index in [0.717, 1.165) is 5.56 Å². The molecule has 1 saturated heterocycles. The SMILES string of the molecule is CN(CC(=O)O)CC1CN(C(=O)NCc2csc3ccccc23)CCO1. The molecule has 7 nitrogen and oxygen atoms in total. The zero-order valence-electron chi connectivity index (χ0n) is 14.7. The van der Waals surface area contributed by atoms with Gasteiger partial charge in [0.15, 0.2) is 0 Å². The van der Waals surface area contributed by atoms with E-state index in [2.05, 4.69) is 22.8 Å². The fraction of sp³-hybridized carbons (Fsp3) is 0.444. The van der Waals surface area contributed by atoms with Crippen molar-refractivity contribution in [3.8, 4) is 0 Å². The molecule has 3 rings (SSSR count). The number of carbonyl (C=O) groups is 2. The largest absolute Gasteiger partial charge is 0.480 e. The molecule has 2 N–H and O–H groups in total. The van der Waals surface area contributed by atoms with Gasteiger partial charge in [0, 0.05) is 30.9 Å². The van der Waals surface area contributed by atoms with Crippen LogP contribution in [-0.4, -0.2) is 72.8 Å². The zero-order valence-corrected chi connectivity index (χ0v) is 15.5. The maximum Gasteiger partial charge on any atom is 0.317 e. The Morgan fingerprint density at radius 1 is 1.42 bits per heavy atom. The van der Waals surface area contributed by atoms with Gasteiger partial charge >= 0.3 is 12.0 Å². The molecule has 26 heavy (non-hydrogen) atoms. The number of carbonyl (C=O) groups excluding carboxylic acids is 1. The van der Waals surface area contributed by atoms with E-state index < -0.39 is 5.97 Å². The summed E-state index contributed by atoms with van der Waals surface area (Å²) in [5.74, 6) is -0.874. The van der Waals surface area contributed by atoms with Crippen molar-refractivity contribution in [3.63, 3.8) is 0 Å². The number of likely N-dealkylation sites (N-methyl/N-ethyl adjacent to an activating group) is 1. The number of nitrogens with one attached hydrogen (secondary N) is 1. The van der Waals surface area contributed by atoms with Crippen molar-refractivity contribution in [2.45, 2.75) is 12.6 Å². The van der Waals surface area contributed by atoms with Gasteiger partial charge in [-0.1, -0.05) is 18.2 Å². The maximum absolute atomic E-state index is 12.5. The van der Waals surface area contributed by atoms with Crippen LogP contribution in [0.2, 0.25) is 0 Å². The summed E-state index contributed by atoms with van der Waals surface area (Å²) in [6, 6.07) is 8.04. The zero-order chi connectivity index (χ0) is 18.5. The number of carboxylic acid groups (broad SMARTS) is 1. The summed E-state index contributed by atoms with van der Waals surface area (Å²) in [6.07, 6.45) is -0.180. The topological polar surface area (TPSA) is 82.1 Å². The van der Waals surface area contributed by atoms with Gasteiger partial charge < -0.3 is 20.1 Å². The smallest absolute Gasteiger partial charge is 0.317 e. The lowest BCUT2D eigenvalue weighted by molar-refractivity contribution is -0.138. The highest BCUT2D eigenvalue weighted by molar-refractivity contribution is 7.17. The van der Waals surface area contributed by atoms with E-state index in [-0.39, 0.29) is 18.7 Å². The molecule has 8 heteroatoms. The minimum absolute atomic E-state index is 0.0444. The number of hydrogen-bond donors (Lipinski definition) is 2. The van der Waals surface area contributed by atoms with Crippen LogP contribution in [0.25, 0.3) is 10.1 Å². The molecule has 140 valence electrons. The van der Waals surface area contributed by atoms with Crippen molar-refractivity contribution in [2.75, 3.05) is 39.8 Å². The molecular weight excluding hydrogens is 354 g/mol. The summed E-state index contributed by atoms with van der Waals surface area (Å²) < 4.78 is 6.88. The first kappa shape index (κ1) is 18.6. The number of rotatable bonds is 6. The Morgan fingerprint density at radius 2 is 2.23 bits per heavy atom. The Balaban J connectivity index is 1.52. The summed E-state index contributed by atoms with van der Waals surface area (Å²) in [5.41, 5.74) is 1.12. The first-order valence-electron chi connectivity index (χ1n) is 8.52. The molecule has 0 bridgehead atoms. The summed E-state index contributed by atoms with van der Waals surface area (Å²) in [4.78, 5) is 26.7. The van der Waals surface area contributed by atoms with E-state index in [9.17, 15) is 9.59 Å². The van der Waals surface area contributed by atoms with Gasteiger partial charge in [0.2, 0.25) is 0 Å². The molecule has 1 aliphatic rings. The number of hydrogen-bond acceptors (Lipinski definition) is 5. The molecule has 0 aliphatic carbocycles. The van der Waals surface area contributed by atoms with Crippen molar-refractivity contribution in [1.29, 1.82) is 0 Å². The third kappa shape index (κ3) is 4.72. The van der Waals surface area contributed by atoms with E-state index in [1.54, 1.807) is 28.2 Å². The highest BCUT2D eigenvalue weighted by atomic mass is 32.1. The normalized spacial score (nSPS) is 17.6. The predicted molar refractivity (Wildman–Crippen MR) is 101 cm³/mol. The molecule has 2 heterocycles. The number of urea groups is 1. The minimum Gasteiger partial charge on any atom is -0.480 e. The standard InChI is InChI=1S/C18H23N3O4S/c1-20(11-17(22)23)9-14-10-21(6-7-25-14)18(24)19-8-13-12-26-16-5-3-2-4-15(13)16/h2-5,12,14H,6-11H2,1H3,(H,19,24)(H,22,23). The number of aliphatic carboxylic acids is 1. The average molecular weight is 377 g/mol. The van der Waals surface area contributed by atoms with Crippen LogP contribution in [0, 0.1) is 0 Å². The van der Waals surface area contributed by atoms with Crippen LogP contribution in [0.5, 0.6) is 0 Å². The third-order valence-electron chi connectivity index (χ3n) is 4.34. The van der Waals surface area contributed by atoms with Gasteiger partial charge in [-0.15, -0.1) is 11.3 Å². The molecule has 0 spiro atoms. The van der Waals surface area contributed by atoms with Crippen molar-refractivity contribution in [1.82, 2.24) is 15.1 Å². The fourth-order valence-electron chi connectivity index (χ4n) is 3.11. The molecule has 1 atom stereocenters. The lowest BCUT2D eigenvalue weighted by Crippen LogP contribution is -2.52. The van der Waals surface area contributed by atoms with Crippen LogP contribution < -0.4 is 5.32 Å². The monoisotopic (exact) mass is 377 g/mol. The van der Waals surface area contributed by atoms with Gasteiger partial charge in [0.05, 0.1) is 19.3 Å². The van der Waals surface area contributed by atoms with Crippen LogP contribution in [0.3, 0.4) is 0 Å². The van der Waals surface area contributed by atoms with E-state index in [4.69, 9.17) is 9.84 Å². The summed E-state index contributed by atoms with van der Waals surface area (Å²) in [5, 5.41) is 15.1. The first-order chi connectivity index (χ1) is 12.5. The van der Waals surface area contributed by atoms with Crippen LogP contribution in [0.15, 0.2) is 29.6 Å². The van der Waals surface area contributed by atoms with E-state index in [1.807, 2.05) is 12.1 Å². The second-order valence-electron chi connectivity index (χ2n) is 6.45. The van der Waals surface area contributed by atoms with Crippen molar-refractivity contribution in [3.05, 3.63) is 35.2 Å². The number of carboxylic acids is 1. The lowest BCUT2D eigenvalue weighted by atomic mass is 10.2. The van der Waals surface area contributed by atoms with Crippen LogP contribution in [0.1, 0.15) is 5.56 Å². The number of benzene rings is 1. The van der Waals surface area contributed by atoms with Crippen molar-refractivity contribution in [2.24, 2.45) is 0 Å². The van der Waals surface area contributed by atoms with Gasteiger partial charge in [0.1, 0.15) is 0 Å². The van der Waals surface area contributed by atoms with Gasteiger partial charge in [-0.3, -0.25) is 9.69 Å². The Bertz CT molecular complexity index is 779. The second kappa shape index (κ2) is 8.48. The second-order valence-corrected chi connectivity index (χ2v) is 7.36. The quantitative estimate of drug-likeness (QED) is 0.803. The number of ether oxygens (including phenoxy) is 1. The minimum atomic E-state index is -0.874. The summed E-state index contributed by atoms with van der Waals surface area (Å²) >= 11 is 1.67. The maximum atomic E-state index is 12.5. The third-order valence-corrected chi connectivity index (χ3v) is 5.35. The highest BCUT2D eigenvalue weighted by Crippen LogP contribution is 2.25. The fourth-order valence-corrected chi connectivity index (χ4v) is 4.07. The van der Waals surface area contributed by atoms with E-state index >= 15 is 0 Å². The summed E-state index contributed by atoms with van der Waals surface area (Å²) in [6.45, 7) is 2.38. The molecule has 1 aliphatic heterocycles. The van der Waals surface area contributed by atoms with Crippen molar-refractivity contribution < 1.29 is 19.4 Å². The molecule has 0 radical (unpaired) electrons.